The minimum atomic E-state index is -0.886. The van der Waals surface area contributed by atoms with Crippen LogP contribution in [0.3, 0.4) is 0 Å². The van der Waals surface area contributed by atoms with Crippen LogP contribution in [0.1, 0.15) is 24.5 Å². The lowest BCUT2D eigenvalue weighted by molar-refractivity contribution is 0.0455. The standard InChI is InChI=1S/C17H20O2/c1-17(18,13-12-14-8-4-3-5-9-14)15-10-6-7-11-16(15)19-2/h3-11,18H,12-13H2,1-2H3. The van der Waals surface area contributed by atoms with Gasteiger partial charge in [0.1, 0.15) is 5.75 Å². The predicted octanol–water partition coefficient (Wildman–Crippen LogP) is 3.54. The zero-order valence-electron chi connectivity index (χ0n) is 11.5. The number of aryl methyl sites for hydroxylation is 1. The van der Waals surface area contributed by atoms with Crippen LogP contribution in [-0.4, -0.2) is 12.2 Å². The van der Waals surface area contributed by atoms with Crippen LogP contribution in [0.4, 0.5) is 0 Å². The van der Waals surface area contributed by atoms with Gasteiger partial charge in [-0.3, -0.25) is 0 Å². The summed E-state index contributed by atoms with van der Waals surface area (Å²) in [5.74, 6) is 0.737. The first-order valence-corrected chi connectivity index (χ1v) is 6.53. The van der Waals surface area contributed by atoms with Crippen molar-refractivity contribution in [1.82, 2.24) is 0 Å². The normalized spacial score (nSPS) is 13.8. The molecule has 0 aliphatic heterocycles. The second kappa shape index (κ2) is 5.89. The van der Waals surface area contributed by atoms with Crippen molar-refractivity contribution in [2.75, 3.05) is 7.11 Å². The van der Waals surface area contributed by atoms with Gasteiger partial charge < -0.3 is 9.84 Å². The minimum Gasteiger partial charge on any atom is -0.496 e. The zero-order valence-corrected chi connectivity index (χ0v) is 11.5. The Bertz CT molecular complexity index is 518. The number of hydrogen-bond donors (Lipinski definition) is 1. The maximum absolute atomic E-state index is 10.7. The first-order chi connectivity index (χ1) is 9.13. The molecule has 0 radical (unpaired) electrons. The molecule has 2 aromatic carbocycles. The molecule has 0 bridgehead atoms. The molecule has 0 aromatic heterocycles. The predicted molar refractivity (Wildman–Crippen MR) is 77.3 cm³/mol. The van der Waals surface area contributed by atoms with Crippen LogP contribution in [0.15, 0.2) is 54.6 Å². The summed E-state index contributed by atoms with van der Waals surface area (Å²) in [6, 6.07) is 17.8. The molecule has 0 saturated heterocycles. The SMILES string of the molecule is COc1ccccc1C(C)(O)CCc1ccccc1. The summed E-state index contributed by atoms with van der Waals surface area (Å²) in [7, 11) is 1.63. The Labute approximate surface area is 114 Å². The number of ether oxygens (including phenoxy) is 1. The lowest BCUT2D eigenvalue weighted by atomic mass is 9.89. The Hall–Kier alpha value is -1.80. The third kappa shape index (κ3) is 3.36. The van der Waals surface area contributed by atoms with E-state index in [1.54, 1.807) is 7.11 Å². The van der Waals surface area contributed by atoms with E-state index in [2.05, 4.69) is 12.1 Å². The van der Waals surface area contributed by atoms with E-state index in [0.29, 0.717) is 6.42 Å². The van der Waals surface area contributed by atoms with Gasteiger partial charge in [0.2, 0.25) is 0 Å². The molecule has 0 fully saturated rings. The maximum atomic E-state index is 10.7. The summed E-state index contributed by atoms with van der Waals surface area (Å²) in [6.45, 7) is 1.84. The van der Waals surface area contributed by atoms with Crippen LogP contribution in [0, 0.1) is 0 Å². The summed E-state index contributed by atoms with van der Waals surface area (Å²) in [4.78, 5) is 0. The Balaban J connectivity index is 2.13. The van der Waals surface area contributed by atoms with E-state index >= 15 is 0 Å². The molecular formula is C17H20O2. The van der Waals surface area contributed by atoms with Crippen molar-refractivity contribution in [2.45, 2.75) is 25.4 Å². The van der Waals surface area contributed by atoms with Gasteiger partial charge in [0.25, 0.3) is 0 Å². The number of para-hydroxylation sites is 1. The van der Waals surface area contributed by atoms with Crippen LogP contribution in [0.5, 0.6) is 5.75 Å². The highest BCUT2D eigenvalue weighted by Crippen LogP contribution is 2.33. The second-order valence-corrected chi connectivity index (χ2v) is 4.96. The largest absolute Gasteiger partial charge is 0.496 e. The summed E-state index contributed by atoms with van der Waals surface area (Å²) < 4.78 is 5.32. The fraction of sp³-hybridized carbons (Fsp3) is 0.294. The molecular weight excluding hydrogens is 236 g/mol. The fourth-order valence-electron chi connectivity index (χ4n) is 2.26. The molecule has 100 valence electrons. The molecule has 0 saturated carbocycles. The first-order valence-electron chi connectivity index (χ1n) is 6.53. The van der Waals surface area contributed by atoms with Crippen molar-refractivity contribution >= 4 is 0 Å². The minimum absolute atomic E-state index is 0.664. The Morgan fingerprint density at radius 1 is 1.00 bits per heavy atom. The smallest absolute Gasteiger partial charge is 0.124 e. The van der Waals surface area contributed by atoms with Gasteiger partial charge >= 0.3 is 0 Å². The monoisotopic (exact) mass is 256 g/mol. The van der Waals surface area contributed by atoms with E-state index in [-0.39, 0.29) is 0 Å². The lowest BCUT2D eigenvalue weighted by Crippen LogP contribution is -2.22. The molecule has 1 N–H and O–H groups in total. The quantitative estimate of drug-likeness (QED) is 0.886. The molecule has 0 aliphatic carbocycles. The highest BCUT2D eigenvalue weighted by Gasteiger charge is 2.26. The van der Waals surface area contributed by atoms with Gasteiger partial charge in [0.15, 0.2) is 0 Å². The summed E-state index contributed by atoms with van der Waals surface area (Å²) in [6.07, 6.45) is 1.50. The van der Waals surface area contributed by atoms with Gasteiger partial charge in [-0.15, -0.1) is 0 Å². The topological polar surface area (TPSA) is 29.5 Å². The van der Waals surface area contributed by atoms with Gasteiger partial charge in [-0.05, 0) is 31.4 Å². The summed E-state index contributed by atoms with van der Waals surface area (Å²) in [5, 5.41) is 10.7. The Morgan fingerprint density at radius 3 is 2.32 bits per heavy atom. The van der Waals surface area contributed by atoms with Gasteiger partial charge in [0, 0.05) is 5.56 Å². The third-order valence-electron chi connectivity index (χ3n) is 3.43. The molecule has 2 rings (SSSR count). The number of hydrogen-bond acceptors (Lipinski definition) is 2. The summed E-state index contributed by atoms with van der Waals surface area (Å²) in [5.41, 5.74) is 1.19. The number of rotatable bonds is 5. The number of methoxy groups -OCH3 is 1. The van der Waals surface area contributed by atoms with Crippen molar-refractivity contribution in [1.29, 1.82) is 0 Å². The van der Waals surface area contributed by atoms with Crippen LogP contribution < -0.4 is 4.74 Å². The van der Waals surface area contributed by atoms with Gasteiger partial charge in [-0.1, -0.05) is 48.5 Å². The van der Waals surface area contributed by atoms with Crippen molar-refractivity contribution in [2.24, 2.45) is 0 Å². The molecule has 0 heterocycles. The van der Waals surface area contributed by atoms with Gasteiger partial charge in [0.05, 0.1) is 12.7 Å². The van der Waals surface area contributed by atoms with Crippen molar-refractivity contribution < 1.29 is 9.84 Å². The molecule has 1 unspecified atom stereocenters. The second-order valence-electron chi connectivity index (χ2n) is 4.96. The average Bonchev–Trinajstić information content (AvgIpc) is 2.46. The zero-order chi connectivity index (χ0) is 13.7. The molecule has 0 aliphatic rings. The Kier molecular flexibility index (Phi) is 4.23. The highest BCUT2D eigenvalue weighted by atomic mass is 16.5. The van der Waals surface area contributed by atoms with E-state index in [4.69, 9.17) is 4.74 Å². The highest BCUT2D eigenvalue weighted by molar-refractivity contribution is 5.37. The molecule has 2 nitrogen and oxygen atoms in total. The van der Waals surface area contributed by atoms with Gasteiger partial charge in [-0.2, -0.15) is 0 Å². The molecule has 2 heteroatoms. The maximum Gasteiger partial charge on any atom is 0.124 e. The molecule has 2 aromatic rings. The molecule has 1 atom stereocenters. The average molecular weight is 256 g/mol. The van der Waals surface area contributed by atoms with E-state index in [0.717, 1.165) is 17.7 Å². The van der Waals surface area contributed by atoms with Crippen molar-refractivity contribution in [3.63, 3.8) is 0 Å². The number of benzene rings is 2. The summed E-state index contributed by atoms with van der Waals surface area (Å²) >= 11 is 0. The van der Waals surface area contributed by atoms with Crippen molar-refractivity contribution in [3.05, 3.63) is 65.7 Å². The van der Waals surface area contributed by atoms with E-state index in [1.165, 1.54) is 5.56 Å². The fourth-order valence-corrected chi connectivity index (χ4v) is 2.26. The number of aliphatic hydroxyl groups is 1. The Morgan fingerprint density at radius 2 is 1.63 bits per heavy atom. The van der Waals surface area contributed by atoms with Gasteiger partial charge in [-0.25, -0.2) is 0 Å². The molecule has 0 spiro atoms. The van der Waals surface area contributed by atoms with E-state index in [9.17, 15) is 5.11 Å². The van der Waals surface area contributed by atoms with Crippen molar-refractivity contribution in [3.8, 4) is 5.75 Å². The van der Waals surface area contributed by atoms with Crippen LogP contribution in [0.25, 0.3) is 0 Å². The lowest BCUT2D eigenvalue weighted by Gasteiger charge is -2.25. The first kappa shape index (κ1) is 13.6. The van der Waals surface area contributed by atoms with Crippen LogP contribution in [-0.2, 0) is 12.0 Å². The van der Waals surface area contributed by atoms with E-state index in [1.807, 2.05) is 49.4 Å². The van der Waals surface area contributed by atoms with E-state index < -0.39 is 5.60 Å². The molecule has 19 heavy (non-hydrogen) atoms. The van der Waals surface area contributed by atoms with Crippen LogP contribution in [0.2, 0.25) is 0 Å². The molecule has 0 amide bonds. The third-order valence-corrected chi connectivity index (χ3v) is 3.43. The van der Waals surface area contributed by atoms with Crippen LogP contribution >= 0.6 is 0 Å².